The monoisotopic (exact) mass is 318 g/mol. The molecule has 116 valence electrons. The Bertz CT molecular complexity index is 378. The van der Waals surface area contributed by atoms with Gasteiger partial charge >= 0.3 is 0 Å². The van der Waals surface area contributed by atoms with Gasteiger partial charge in [-0.25, -0.2) is 0 Å². The van der Waals surface area contributed by atoms with E-state index in [9.17, 15) is 0 Å². The molecular formula is C16H28Cl2N2. The largest absolute Gasteiger partial charge is 0.314 e. The number of piperazine rings is 1. The van der Waals surface area contributed by atoms with Gasteiger partial charge in [-0.2, -0.15) is 0 Å². The second-order valence-electron chi connectivity index (χ2n) is 5.53. The van der Waals surface area contributed by atoms with E-state index >= 15 is 0 Å². The molecule has 0 spiro atoms. The fourth-order valence-electron chi connectivity index (χ4n) is 2.94. The molecule has 2 nitrogen and oxygen atoms in total. The lowest BCUT2D eigenvalue weighted by molar-refractivity contribution is 0.128. The molecule has 2 rings (SSSR count). The highest BCUT2D eigenvalue weighted by Crippen LogP contribution is 2.31. The molecule has 1 aromatic carbocycles. The van der Waals surface area contributed by atoms with E-state index in [0.717, 1.165) is 13.1 Å². The van der Waals surface area contributed by atoms with Crippen molar-refractivity contribution in [1.82, 2.24) is 10.2 Å². The van der Waals surface area contributed by atoms with Crippen LogP contribution in [0.5, 0.6) is 0 Å². The summed E-state index contributed by atoms with van der Waals surface area (Å²) in [5.41, 5.74) is 2.86. The first kappa shape index (κ1) is 19.7. The van der Waals surface area contributed by atoms with E-state index < -0.39 is 0 Å². The molecule has 20 heavy (non-hydrogen) atoms. The quantitative estimate of drug-likeness (QED) is 0.907. The Balaban J connectivity index is 0.00000180. The van der Waals surface area contributed by atoms with Crippen molar-refractivity contribution in [1.29, 1.82) is 0 Å². The molecule has 0 aliphatic carbocycles. The van der Waals surface area contributed by atoms with Crippen LogP contribution in [-0.2, 0) is 0 Å². The molecule has 1 unspecified atom stereocenters. The standard InChI is InChI=1S/C16H26N2.2ClH/c1-4-14(3)16(18-10-8-17-9-11-18)15-7-5-6-13(2)12-15;;/h5-7,12,14,16-17H,4,8-11H2,1-3H3;2*1H/t14?,16-;;/m0../s1. The molecule has 0 radical (unpaired) electrons. The van der Waals surface area contributed by atoms with Crippen LogP contribution in [0.2, 0.25) is 0 Å². The number of benzene rings is 1. The first-order valence-corrected chi connectivity index (χ1v) is 7.23. The Labute approximate surface area is 136 Å². The van der Waals surface area contributed by atoms with Gasteiger partial charge in [-0.05, 0) is 18.4 Å². The molecule has 1 aromatic rings. The van der Waals surface area contributed by atoms with Gasteiger partial charge in [-0.3, -0.25) is 4.90 Å². The normalized spacial score (nSPS) is 18.6. The summed E-state index contributed by atoms with van der Waals surface area (Å²) >= 11 is 0. The Hall–Kier alpha value is -0.280. The number of hydrogen-bond donors (Lipinski definition) is 1. The lowest BCUT2D eigenvalue weighted by atomic mass is 9.90. The molecule has 1 saturated heterocycles. The maximum absolute atomic E-state index is 3.45. The number of nitrogens with zero attached hydrogens (tertiary/aromatic N) is 1. The van der Waals surface area contributed by atoms with Gasteiger partial charge in [0, 0.05) is 32.2 Å². The third-order valence-corrected chi connectivity index (χ3v) is 4.11. The Morgan fingerprint density at radius 2 is 1.85 bits per heavy atom. The maximum Gasteiger partial charge on any atom is 0.0374 e. The fraction of sp³-hybridized carbons (Fsp3) is 0.625. The number of hydrogen-bond acceptors (Lipinski definition) is 2. The van der Waals surface area contributed by atoms with Crippen LogP contribution in [0.15, 0.2) is 24.3 Å². The molecule has 1 heterocycles. The molecule has 0 bridgehead atoms. The third-order valence-electron chi connectivity index (χ3n) is 4.11. The topological polar surface area (TPSA) is 15.3 Å². The van der Waals surface area contributed by atoms with E-state index in [1.54, 1.807) is 0 Å². The average molecular weight is 319 g/mol. The summed E-state index contributed by atoms with van der Waals surface area (Å²) in [6, 6.07) is 9.62. The number of halogens is 2. The minimum absolute atomic E-state index is 0. The summed E-state index contributed by atoms with van der Waals surface area (Å²) in [7, 11) is 0. The summed E-state index contributed by atoms with van der Waals surface area (Å²) in [6.45, 7) is 11.5. The van der Waals surface area contributed by atoms with Crippen molar-refractivity contribution in [3.8, 4) is 0 Å². The van der Waals surface area contributed by atoms with E-state index in [1.165, 1.54) is 30.6 Å². The summed E-state index contributed by atoms with van der Waals surface area (Å²) in [4.78, 5) is 2.65. The molecule has 1 aliphatic heterocycles. The summed E-state index contributed by atoms with van der Waals surface area (Å²) in [5, 5.41) is 3.45. The Morgan fingerprint density at radius 1 is 1.20 bits per heavy atom. The van der Waals surface area contributed by atoms with Crippen LogP contribution in [-0.4, -0.2) is 31.1 Å². The van der Waals surface area contributed by atoms with Gasteiger partial charge in [0.1, 0.15) is 0 Å². The number of nitrogens with one attached hydrogen (secondary N) is 1. The van der Waals surface area contributed by atoms with Gasteiger partial charge in [-0.15, -0.1) is 24.8 Å². The zero-order chi connectivity index (χ0) is 13.0. The van der Waals surface area contributed by atoms with Crippen LogP contribution < -0.4 is 5.32 Å². The van der Waals surface area contributed by atoms with Gasteiger partial charge in [0.15, 0.2) is 0 Å². The average Bonchev–Trinajstić information content (AvgIpc) is 2.40. The molecule has 1 fully saturated rings. The highest BCUT2D eigenvalue weighted by Gasteiger charge is 2.26. The molecule has 0 amide bonds. The predicted octanol–water partition coefficient (Wildman–Crippen LogP) is 3.83. The van der Waals surface area contributed by atoms with Crippen molar-refractivity contribution in [2.45, 2.75) is 33.2 Å². The van der Waals surface area contributed by atoms with Gasteiger partial charge in [0.25, 0.3) is 0 Å². The van der Waals surface area contributed by atoms with Crippen molar-refractivity contribution in [3.05, 3.63) is 35.4 Å². The van der Waals surface area contributed by atoms with Crippen LogP contribution >= 0.6 is 24.8 Å². The molecule has 4 heteroatoms. The second kappa shape index (κ2) is 9.62. The highest BCUT2D eigenvalue weighted by atomic mass is 35.5. The van der Waals surface area contributed by atoms with E-state index in [1.807, 2.05) is 0 Å². The molecule has 2 atom stereocenters. The Kier molecular flexibility index (Phi) is 9.48. The first-order valence-electron chi connectivity index (χ1n) is 7.23. The lowest BCUT2D eigenvalue weighted by Gasteiger charge is -2.38. The molecule has 0 aromatic heterocycles. The van der Waals surface area contributed by atoms with Crippen molar-refractivity contribution in [3.63, 3.8) is 0 Å². The van der Waals surface area contributed by atoms with Crippen LogP contribution in [0.1, 0.15) is 37.4 Å². The van der Waals surface area contributed by atoms with Crippen LogP contribution in [0.3, 0.4) is 0 Å². The second-order valence-corrected chi connectivity index (χ2v) is 5.53. The minimum atomic E-state index is 0. The van der Waals surface area contributed by atoms with Gasteiger partial charge in [0.05, 0.1) is 0 Å². The summed E-state index contributed by atoms with van der Waals surface area (Å²) < 4.78 is 0. The van der Waals surface area contributed by atoms with Crippen molar-refractivity contribution < 1.29 is 0 Å². The fourth-order valence-corrected chi connectivity index (χ4v) is 2.94. The maximum atomic E-state index is 3.45. The number of aryl methyl sites for hydroxylation is 1. The molecular weight excluding hydrogens is 291 g/mol. The van der Waals surface area contributed by atoms with Crippen molar-refractivity contribution in [2.24, 2.45) is 5.92 Å². The van der Waals surface area contributed by atoms with Gasteiger partial charge < -0.3 is 5.32 Å². The number of rotatable bonds is 4. The lowest BCUT2D eigenvalue weighted by Crippen LogP contribution is -2.46. The third kappa shape index (κ3) is 4.92. The zero-order valence-corrected chi connectivity index (χ0v) is 14.4. The van der Waals surface area contributed by atoms with Gasteiger partial charge in [0.2, 0.25) is 0 Å². The molecule has 0 saturated carbocycles. The summed E-state index contributed by atoms with van der Waals surface area (Å²) in [6.07, 6.45) is 1.24. The Morgan fingerprint density at radius 3 is 2.40 bits per heavy atom. The summed E-state index contributed by atoms with van der Waals surface area (Å²) in [5.74, 6) is 0.713. The molecule has 1 aliphatic rings. The predicted molar refractivity (Wildman–Crippen MR) is 92.3 cm³/mol. The highest BCUT2D eigenvalue weighted by molar-refractivity contribution is 5.85. The van der Waals surface area contributed by atoms with E-state index in [2.05, 4.69) is 55.3 Å². The van der Waals surface area contributed by atoms with E-state index in [-0.39, 0.29) is 24.8 Å². The zero-order valence-electron chi connectivity index (χ0n) is 12.8. The smallest absolute Gasteiger partial charge is 0.0374 e. The van der Waals surface area contributed by atoms with Gasteiger partial charge in [-0.1, -0.05) is 50.1 Å². The van der Waals surface area contributed by atoms with Crippen LogP contribution in [0.4, 0.5) is 0 Å². The van der Waals surface area contributed by atoms with Crippen molar-refractivity contribution in [2.75, 3.05) is 26.2 Å². The van der Waals surface area contributed by atoms with E-state index in [4.69, 9.17) is 0 Å². The SMILES string of the molecule is CCC(C)[C@@H](c1cccc(C)c1)N1CCNCC1.Cl.Cl. The van der Waals surface area contributed by atoms with E-state index in [0.29, 0.717) is 12.0 Å². The van der Waals surface area contributed by atoms with Crippen LogP contribution in [0, 0.1) is 12.8 Å². The van der Waals surface area contributed by atoms with Crippen molar-refractivity contribution >= 4 is 24.8 Å². The minimum Gasteiger partial charge on any atom is -0.314 e. The molecule has 1 N–H and O–H groups in total. The van der Waals surface area contributed by atoms with Crippen LogP contribution in [0.25, 0.3) is 0 Å². The first-order chi connectivity index (χ1) is 8.72.